The van der Waals surface area contributed by atoms with E-state index in [1.54, 1.807) is 13.2 Å². The van der Waals surface area contributed by atoms with E-state index in [1.807, 2.05) is 50.4 Å². The number of hydrogen-bond donors (Lipinski definition) is 1. The number of rotatable bonds is 6. The second-order valence-corrected chi connectivity index (χ2v) is 8.57. The first kappa shape index (κ1) is 22.0. The summed E-state index contributed by atoms with van der Waals surface area (Å²) < 4.78 is 5.89. The molecule has 1 unspecified atom stereocenters. The highest BCUT2D eigenvalue weighted by atomic mass is 16.5. The summed E-state index contributed by atoms with van der Waals surface area (Å²) in [5.41, 5.74) is 3.43. The molecule has 168 valence electrons. The Morgan fingerprint density at radius 2 is 2.00 bits per heavy atom. The molecule has 0 saturated carbocycles. The molecule has 1 aromatic carbocycles. The van der Waals surface area contributed by atoms with Crippen LogP contribution < -0.4 is 15.0 Å². The molecule has 0 radical (unpaired) electrons. The SMILES string of the molecule is CC(C)NC(=O)N(C)c1cnc2ccc(-c3ccc(OCC4CCCN4C)nc3)cc2n1. The Kier molecular flexibility index (Phi) is 6.50. The van der Waals surface area contributed by atoms with E-state index in [0.29, 0.717) is 29.9 Å². The second kappa shape index (κ2) is 9.48. The number of aromatic nitrogens is 3. The summed E-state index contributed by atoms with van der Waals surface area (Å²) >= 11 is 0. The Balaban J connectivity index is 1.49. The average Bonchev–Trinajstić information content (AvgIpc) is 3.21. The number of nitrogens with zero attached hydrogens (tertiary/aromatic N) is 5. The highest BCUT2D eigenvalue weighted by Gasteiger charge is 2.21. The molecule has 1 fully saturated rings. The third-order valence-corrected chi connectivity index (χ3v) is 5.75. The van der Waals surface area contributed by atoms with E-state index >= 15 is 0 Å². The number of carbonyl (C=O) groups is 1. The molecule has 8 heteroatoms. The van der Waals surface area contributed by atoms with E-state index in [9.17, 15) is 4.79 Å². The van der Waals surface area contributed by atoms with Crippen LogP contribution in [0.5, 0.6) is 5.88 Å². The molecule has 1 N–H and O–H groups in total. The molecule has 0 aliphatic carbocycles. The molecule has 1 aliphatic heterocycles. The molecule has 3 heterocycles. The van der Waals surface area contributed by atoms with Crippen LogP contribution in [-0.4, -0.2) is 65.2 Å². The van der Waals surface area contributed by atoms with Crippen molar-refractivity contribution in [2.75, 3.05) is 32.1 Å². The van der Waals surface area contributed by atoms with Gasteiger partial charge in [0.15, 0.2) is 5.82 Å². The quantitative estimate of drug-likeness (QED) is 0.637. The highest BCUT2D eigenvalue weighted by molar-refractivity contribution is 5.91. The predicted octanol–water partition coefficient (Wildman–Crippen LogP) is 3.72. The van der Waals surface area contributed by atoms with Gasteiger partial charge in [0.2, 0.25) is 5.88 Å². The van der Waals surface area contributed by atoms with Gasteiger partial charge in [0.05, 0.1) is 17.2 Å². The summed E-state index contributed by atoms with van der Waals surface area (Å²) in [4.78, 5) is 29.7. The van der Waals surface area contributed by atoms with Crippen molar-refractivity contribution in [1.29, 1.82) is 0 Å². The van der Waals surface area contributed by atoms with Gasteiger partial charge in [0.1, 0.15) is 6.61 Å². The molecular formula is C24H30N6O2. The smallest absolute Gasteiger partial charge is 0.323 e. The molecule has 2 aromatic heterocycles. The standard InChI is InChI=1S/C24H30N6O2/c1-16(2)27-24(31)30(4)22-14-25-20-9-7-17(12-21(20)28-22)18-8-10-23(26-13-18)32-15-19-6-5-11-29(19)3/h7-10,12-14,16,19H,5-6,11,15H2,1-4H3,(H,27,31). The molecule has 1 atom stereocenters. The highest BCUT2D eigenvalue weighted by Crippen LogP contribution is 2.25. The lowest BCUT2D eigenvalue weighted by Crippen LogP contribution is -2.41. The minimum absolute atomic E-state index is 0.0449. The normalized spacial score (nSPS) is 16.5. The van der Waals surface area contributed by atoms with Crippen LogP contribution in [0.15, 0.2) is 42.7 Å². The number of likely N-dealkylation sites (tertiary alicyclic amines) is 1. The van der Waals surface area contributed by atoms with Crippen molar-refractivity contribution < 1.29 is 9.53 Å². The van der Waals surface area contributed by atoms with Crippen LogP contribution in [0.1, 0.15) is 26.7 Å². The zero-order chi connectivity index (χ0) is 22.7. The molecule has 0 spiro atoms. The number of fused-ring (bicyclic) bond motifs is 1. The Bertz CT molecular complexity index is 1090. The molecule has 3 aromatic rings. The van der Waals surface area contributed by atoms with Crippen molar-refractivity contribution in [3.05, 3.63) is 42.7 Å². The fourth-order valence-corrected chi connectivity index (χ4v) is 3.80. The Hall–Kier alpha value is -3.26. The lowest BCUT2D eigenvalue weighted by molar-refractivity contribution is 0.193. The number of urea groups is 1. The van der Waals surface area contributed by atoms with Crippen LogP contribution in [0.4, 0.5) is 10.6 Å². The fraction of sp³-hybridized carbons (Fsp3) is 0.417. The first-order valence-corrected chi connectivity index (χ1v) is 11.0. The topological polar surface area (TPSA) is 83.5 Å². The number of pyridine rings is 1. The minimum atomic E-state index is -0.214. The third kappa shape index (κ3) is 4.96. The van der Waals surface area contributed by atoms with Crippen LogP contribution in [0.3, 0.4) is 0 Å². The molecule has 8 nitrogen and oxygen atoms in total. The van der Waals surface area contributed by atoms with Gasteiger partial charge >= 0.3 is 6.03 Å². The van der Waals surface area contributed by atoms with Gasteiger partial charge in [-0.25, -0.2) is 14.8 Å². The van der Waals surface area contributed by atoms with Crippen LogP contribution in [0, 0.1) is 0 Å². The molecule has 0 bridgehead atoms. The van der Waals surface area contributed by atoms with Crippen LogP contribution in [-0.2, 0) is 0 Å². The average molecular weight is 435 g/mol. The van der Waals surface area contributed by atoms with Crippen molar-refractivity contribution in [2.45, 2.75) is 38.8 Å². The second-order valence-electron chi connectivity index (χ2n) is 8.57. The number of likely N-dealkylation sites (N-methyl/N-ethyl adjacent to an activating group) is 1. The van der Waals surface area contributed by atoms with E-state index in [4.69, 9.17) is 4.74 Å². The molecular weight excluding hydrogens is 404 g/mol. The van der Waals surface area contributed by atoms with Crippen LogP contribution in [0.2, 0.25) is 0 Å². The lowest BCUT2D eigenvalue weighted by Gasteiger charge is -2.19. The van der Waals surface area contributed by atoms with Gasteiger partial charge < -0.3 is 15.0 Å². The first-order valence-electron chi connectivity index (χ1n) is 11.0. The van der Waals surface area contributed by atoms with E-state index in [-0.39, 0.29) is 12.1 Å². The maximum Gasteiger partial charge on any atom is 0.323 e. The fourth-order valence-electron chi connectivity index (χ4n) is 3.80. The summed E-state index contributed by atoms with van der Waals surface area (Å²) in [6.07, 6.45) is 5.82. The van der Waals surface area contributed by atoms with Crippen LogP contribution in [0.25, 0.3) is 22.2 Å². The number of anilines is 1. The number of carbonyl (C=O) groups excluding carboxylic acids is 1. The summed E-state index contributed by atoms with van der Waals surface area (Å²) in [5, 5.41) is 2.86. The molecule has 1 aliphatic rings. The van der Waals surface area contributed by atoms with Gasteiger partial charge in [-0.05, 0) is 64.0 Å². The van der Waals surface area contributed by atoms with Crippen molar-refractivity contribution in [2.24, 2.45) is 0 Å². The van der Waals surface area contributed by atoms with Crippen molar-refractivity contribution in [1.82, 2.24) is 25.2 Å². The minimum Gasteiger partial charge on any atom is -0.476 e. The Morgan fingerprint density at radius 1 is 1.19 bits per heavy atom. The maximum atomic E-state index is 12.3. The number of hydrogen-bond acceptors (Lipinski definition) is 6. The van der Waals surface area contributed by atoms with Crippen molar-refractivity contribution in [3.8, 4) is 17.0 Å². The molecule has 4 rings (SSSR count). The number of nitrogens with one attached hydrogen (secondary N) is 1. The van der Waals surface area contributed by atoms with Gasteiger partial charge in [-0.1, -0.05) is 6.07 Å². The monoisotopic (exact) mass is 434 g/mol. The van der Waals surface area contributed by atoms with Crippen LogP contribution >= 0.6 is 0 Å². The summed E-state index contributed by atoms with van der Waals surface area (Å²) in [6, 6.07) is 10.1. The first-order chi connectivity index (χ1) is 15.4. The number of amides is 2. The zero-order valence-corrected chi connectivity index (χ0v) is 19.1. The Morgan fingerprint density at radius 3 is 2.69 bits per heavy atom. The third-order valence-electron chi connectivity index (χ3n) is 5.75. The zero-order valence-electron chi connectivity index (χ0n) is 19.1. The Labute approximate surface area is 188 Å². The summed E-state index contributed by atoms with van der Waals surface area (Å²) in [7, 11) is 3.82. The van der Waals surface area contributed by atoms with Gasteiger partial charge in [-0.3, -0.25) is 9.88 Å². The predicted molar refractivity (Wildman–Crippen MR) is 126 cm³/mol. The van der Waals surface area contributed by atoms with Gasteiger partial charge in [-0.2, -0.15) is 0 Å². The maximum absolute atomic E-state index is 12.3. The molecule has 2 amide bonds. The van der Waals surface area contributed by atoms with E-state index in [2.05, 4.69) is 32.2 Å². The summed E-state index contributed by atoms with van der Waals surface area (Å²) in [6.45, 7) is 5.63. The lowest BCUT2D eigenvalue weighted by atomic mass is 10.1. The van der Waals surface area contributed by atoms with E-state index in [0.717, 1.165) is 23.2 Å². The largest absolute Gasteiger partial charge is 0.476 e. The van der Waals surface area contributed by atoms with E-state index in [1.165, 1.54) is 17.7 Å². The molecule has 32 heavy (non-hydrogen) atoms. The van der Waals surface area contributed by atoms with E-state index < -0.39 is 0 Å². The van der Waals surface area contributed by atoms with Gasteiger partial charge in [0.25, 0.3) is 0 Å². The van der Waals surface area contributed by atoms with Gasteiger partial charge in [0, 0.05) is 37.0 Å². The van der Waals surface area contributed by atoms with Gasteiger partial charge in [-0.15, -0.1) is 0 Å². The van der Waals surface area contributed by atoms with Crippen molar-refractivity contribution in [3.63, 3.8) is 0 Å². The number of ether oxygens (including phenoxy) is 1. The number of benzene rings is 1. The summed E-state index contributed by atoms with van der Waals surface area (Å²) in [5.74, 6) is 1.13. The molecule has 1 saturated heterocycles. The van der Waals surface area contributed by atoms with Crippen molar-refractivity contribution >= 4 is 22.9 Å².